The molecular weight excluding hydrogens is 228 g/mol. The van der Waals surface area contributed by atoms with E-state index >= 15 is 0 Å². The van der Waals surface area contributed by atoms with Crippen LogP contribution in [0.4, 0.5) is 0 Å². The van der Waals surface area contributed by atoms with Gasteiger partial charge in [-0.1, -0.05) is 5.16 Å². The summed E-state index contributed by atoms with van der Waals surface area (Å²) in [6.07, 6.45) is 6.11. The molecule has 1 aliphatic heterocycles. The highest BCUT2D eigenvalue weighted by Gasteiger charge is 2.30. The standard InChI is InChI=1S/C13H22N4O/c14-6-3-10-4-7-17(8-5-10)9-12-15-13(18-16-12)11-1-2-11/h10-11H,1-9,14H2. The highest BCUT2D eigenvalue weighted by atomic mass is 16.5. The number of likely N-dealkylation sites (tertiary alicyclic amines) is 1. The van der Waals surface area contributed by atoms with Crippen LogP contribution in [0.25, 0.3) is 0 Å². The van der Waals surface area contributed by atoms with Crippen LogP contribution in [0.15, 0.2) is 4.52 Å². The summed E-state index contributed by atoms with van der Waals surface area (Å²) in [5.41, 5.74) is 5.61. The van der Waals surface area contributed by atoms with Gasteiger partial charge in [0, 0.05) is 5.92 Å². The van der Waals surface area contributed by atoms with E-state index in [0.717, 1.165) is 43.8 Å². The Kier molecular flexibility index (Phi) is 3.61. The van der Waals surface area contributed by atoms with Gasteiger partial charge in [0.05, 0.1) is 6.54 Å². The molecule has 1 aliphatic carbocycles. The lowest BCUT2D eigenvalue weighted by atomic mass is 9.94. The Morgan fingerprint density at radius 2 is 2.00 bits per heavy atom. The third-order valence-corrected chi connectivity index (χ3v) is 4.06. The number of piperidine rings is 1. The fraction of sp³-hybridized carbons (Fsp3) is 0.846. The van der Waals surface area contributed by atoms with Crippen molar-refractivity contribution in [3.05, 3.63) is 11.7 Å². The molecule has 5 heteroatoms. The maximum absolute atomic E-state index is 5.61. The SMILES string of the molecule is NCCC1CCN(Cc2noc(C3CC3)n2)CC1. The second-order valence-corrected chi connectivity index (χ2v) is 5.62. The fourth-order valence-electron chi connectivity index (χ4n) is 2.70. The molecule has 2 N–H and O–H groups in total. The summed E-state index contributed by atoms with van der Waals surface area (Å²) in [6, 6.07) is 0. The van der Waals surface area contributed by atoms with E-state index in [9.17, 15) is 0 Å². The number of nitrogens with two attached hydrogens (primary N) is 1. The van der Waals surface area contributed by atoms with Gasteiger partial charge in [0.15, 0.2) is 5.82 Å². The summed E-state index contributed by atoms with van der Waals surface area (Å²) in [5, 5.41) is 4.08. The van der Waals surface area contributed by atoms with E-state index in [1.807, 2.05) is 0 Å². The van der Waals surface area contributed by atoms with Crippen molar-refractivity contribution in [2.75, 3.05) is 19.6 Å². The van der Waals surface area contributed by atoms with Crippen LogP contribution in [0, 0.1) is 5.92 Å². The maximum Gasteiger partial charge on any atom is 0.229 e. The molecule has 0 atom stereocenters. The molecule has 1 aromatic rings. The van der Waals surface area contributed by atoms with Crippen LogP contribution in [0.3, 0.4) is 0 Å². The first kappa shape index (κ1) is 12.1. The molecule has 1 saturated heterocycles. The van der Waals surface area contributed by atoms with E-state index in [4.69, 9.17) is 10.3 Å². The van der Waals surface area contributed by atoms with Gasteiger partial charge in [-0.3, -0.25) is 4.90 Å². The lowest BCUT2D eigenvalue weighted by Gasteiger charge is -2.30. The van der Waals surface area contributed by atoms with Crippen LogP contribution in [0.2, 0.25) is 0 Å². The van der Waals surface area contributed by atoms with E-state index in [1.54, 1.807) is 0 Å². The summed E-state index contributed by atoms with van der Waals surface area (Å²) < 4.78 is 5.29. The first-order valence-electron chi connectivity index (χ1n) is 7.10. The Labute approximate surface area is 108 Å². The predicted molar refractivity (Wildman–Crippen MR) is 67.9 cm³/mol. The zero-order chi connectivity index (χ0) is 12.4. The van der Waals surface area contributed by atoms with Gasteiger partial charge < -0.3 is 10.3 Å². The van der Waals surface area contributed by atoms with Gasteiger partial charge in [-0.25, -0.2) is 0 Å². The van der Waals surface area contributed by atoms with E-state index < -0.39 is 0 Å². The fourth-order valence-corrected chi connectivity index (χ4v) is 2.70. The van der Waals surface area contributed by atoms with E-state index in [0.29, 0.717) is 5.92 Å². The molecule has 3 rings (SSSR count). The normalized spacial score (nSPS) is 22.5. The van der Waals surface area contributed by atoms with Crippen molar-refractivity contribution in [2.24, 2.45) is 11.7 Å². The molecule has 0 amide bonds. The van der Waals surface area contributed by atoms with Crippen molar-refractivity contribution >= 4 is 0 Å². The van der Waals surface area contributed by atoms with Gasteiger partial charge in [0.1, 0.15) is 0 Å². The molecule has 2 fully saturated rings. The predicted octanol–water partition coefficient (Wildman–Crippen LogP) is 1.51. The van der Waals surface area contributed by atoms with Crippen LogP contribution < -0.4 is 5.73 Å². The molecule has 5 nitrogen and oxygen atoms in total. The van der Waals surface area contributed by atoms with E-state index in [1.165, 1.54) is 32.1 Å². The summed E-state index contributed by atoms with van der Waals surface area (Å²) in [6.45, 7) is 3.93. The summed E-state index contributed by atoms with van der Waals surface area (Å²) in [5.74, 6) is 3.08. The Hall–Kier alpha value is -0.940. The van der Waals surface area contributed by atoms with E-state index in [-0.39, 0.29) is 0 Å². The van der Waals surface area contributed by atoms with Crippen molar-refractivity contribution in [3.8, 4) is 0 Å². The Balaban J connectivity index is 1.47. The van der Waals surface area contributed by atoms with Crippen LogP contribution in [0.5, 0.6) is 0 Å². The van der Waals surface area contributed by atoms with Gasteiger partial charge in [-0.2, -0.15) is 4.98 Å². The van der Waals surface area contributed by atoms with Crippen molar-refractivity contribution < 1.29 is 4.52 Å². The highest BCUT2D eigenvalue weighted by molar-refractivity contribution is 5.01. The average Bonchev–Trinajstić information content (AvgIpc) is 3.13. The van der Waals surface area contributed by atoms with Crippen LogP contribution >= 0.6 is 0 Å². The van der Waals surface area contributed by atoms with E-state index in [2.05, 4.69) is 15.0 Å². The topological polar surface area (TPSA) is 68.2 Å². The molecule has 0 unspecified atom stereocenters. The first-order chi connectivity index (χ1) is 8.85. The zero-order valence-electron chi connectivity index (χ0n) is 10.8. The molecular formula is C13H22N4O. The van der Waals surface area contributed by atoms with Gasteiger partial charge in [0.25, 0.3) is 0 Å². The summed E-state index contributed by atoms with van der Waals surface area (Å²) in [7, 11) is 0. The van der Waals surface area contributed by atoms with Crippen molar-refractivity contribution in [1.82, 2.24) is 15.0 Å². The minimum absolute atomic E-state index is 0.557. The molecule has 1 aromatic heterocycles. The zero-order valence-corrected chi connectivity index (χ0v) is 10.8. The number of rotatable bonds is 5. The van der Waals surface area contributed by atoms with Gasteiger partial charge in [-0.15, -0.1) is 0 Å². The number of hydrogen-bond donors (Lipinski definition) is 1. The quantitative estimate of drug-likeness (QED) is 0.858. The molecule has 100 valence electrons. The molecule has 0 spiro atoms. The van der Waals surface area contributed by atoms with Crippen LogP contribution in [0.1, 0.15) is 49.7 Å². The number of hydrogen-bond acceptors (Lipinski definition) is 5. The molecule has 1 saturated carbocycles. The van der Waals surface area contributed by atoms with Gasteiger partial charge in [0.2, 0.25) is 5.89 Å². The Morgan fingerprint density at radius 3 is 2.67 bits per heavy atom. The molecule has 2 heterocycles. The van der Waals surface area contributed by atoms with Crippen LogP contribution in [-0.2, 0) is 6.54 Å². The lowest BCUT2D eigenvalue weighted by Crippen LogP contribution is -2.34. The Bertz CT molecular complexity index is 380. The van der Waals surface area contributed by atoms with Gasteiger partial charge in [-0.05, 0) is 57.7 Å². The third kappa shape index (κ3) is 2.90. The molecule has 0 aromatic carbocycles. The lowest BCUT2D eigenvalue weighted by molar-refractivity contribution is 0.168. The molecule has 18 heavy (non-hydrogen) atoms. The summed E-state index contributed by atoms with van der Waals surface area (Å²) >= 11 is 0. The van der Waals surface area contributed by atoms with Crippen molar-refractivity contribution in [1.29, 1.82) is 0 Å². The summed E-state index contributed by atoms with van der Waals surface area (Å²) in [4.78, 5) is 6.91. The molecule has 2 aliphatic rings. The largest absolute Gasteiger partial charge is 0.339 e. The Morgan fingerprint density at radius 1 is 1.22 bits per heavy atom. The smallest absolute Gasteiger partial charge is 0.229 e. The number of aromatic nitrogens is 2. The third-order valence-electron chi connectivity index (χ3n) is 4.06. The van der Waals surface area contributed by atoms with Crippen molar-refractivity contribution in [3.63, 3.8) is 0 Å². The highest BCUT2D eigenvalue weighted by Crippen LogP contribution is 2.38. The molecule has 0 bridgehead atoms. The number of nitrogens with zero attached hydrogens (tertiary/aromatic N) is 3. The van der Waals surface area contributed by atoms with Crippen molar-refractivity contribution in [2.45, 2.75) is 44.6 Å². The maximum atomic E-state index is 5.61. The van der Waals surface area contributed by atoms with Gasteiger partial charge >= 0.3 is 0 Å². The minimum Gasteiger partial charge on any atom is -0.339 e. The average molecular weight is 250 g/mol. The van der Waals surface area contributed by atoms with Crippen LogP contribution in [-0.4, -0.2) is 34.7 Å². The molecule has 0 radical (unpaired) electrons. The minimum atomic E-state index is 0.557. The second kappa shape index (κ2) is 5.36. The first-order valence-corrected chi connectivity index (χ1v) is 7.10. The monoisotopic (exact) mass is 250 g/mol. The second-order valence-electron chi connectivity index (χ2n) is 5.62.